The summed E-state index contributed by atoms with van der Waals surface area (Å²) >= 11 is 0. The molecule has 0 radical (unpaired) electrons. The molecule has 0 aromatic heterocycles. The average Bonchev–Trinajstić information content (AvgIpc) is 3.21. The molecule has 0 aromatic carbocycles. The highest BCUT2D eigenvalue weighted by molar-refractivity contribution is 7.91. The molecule has 0 aromatic rings. The van der Waals surface area contributed by atoms with Crippen LogP contribution in [0.2, 0.25) is 0 Å². The number of sulfone groups is 1. The zero-order chi connectivity index (χ0) is 19.5. The second kappa shape index (κ2) is 6.55. The summed E-state index contributed by atoms with van der Waals surface area (Å²) in [5, 5.41) is 0. The summed E-state index contributed by atoms with van der Waals surface area (Å²) in [7, 11) is -3.05. The van der Waals surface area contributed by atoms with Gasteiger partial charge >= 0.3 is 0 Å². The number of ether oxygens (including phenoxy) is 1. The van der Waals surface area contributed by atoms with Crippen molar-refractivity contribution in [3.8, 4) is 0 Å². The first-order valence-electron chi connectivity index (χ1n) is 10.6. The third-order valence-electron chi connectivity index (χ3n) is 7.34. The lowest BCUT2D eigenvalue weighted by atomic mass is 9.76. The van der Waals surface area contributed by atoms with Crippen LogP contribution < -0.4 is 0 Å². The third kappa shape index (κ3) is 2.83. The van der Waals surface area contributed by atoms with Gasteiger partial charge in [-0.3, -0.25) is 9.59 Å². The molecular formula is C20H28N2O5S. The fraction of sp³-hybridized carbons (Fsp3) is 0.800. The predicted octanol–water partition coefficient (Wildman–Crippen LogP) is 0.748. The summed E-state index contributed by atoms with van der Waals surface area (Å²) in [5.41, 5.74) is -0.670. The van der Waals surface area contributed by atoms with E-state index >= 15 is 0 Å². The van der Waals surface area contributed by atoms with Gasteiger partial charge in [0.25, 0.3) is 0 Å². The van der Waals surface area contributed by atoms with Gasteiger partial charge in [0.1, 0.15) is 5.60 Å². The number of carbonyl (C=O) groups excluding carboxylic acids is 2. The normalized spacial score (nSPS) is 40.0. The third-order valence-corrected chi connectivity index (χ3v) is 8.95. The van der Waals surface area contributed by atoms with E-state index in [1.54, 1.807) is 4.90 Å². The van der Waals surface area contributed by atoms with Crippen LogP contribution in [0.3, 0.4) is 0 Å². The maximum atomic E-state index is 13.4. The summed E-state index contributed by atoms with van der Waals surface area (Å²) in [4.78, 5) is 30.3. The minimum atomic E-state index is -3.05. The summed E-state index contributed by atoms with van der Waals surface area (Å²) in [6.45, 7) is 0.981. The first kappa shape index (κ1) is 18.6. The van der Waals surface area contributed by atoms with Crippen LogP contribution in [-0.2, 0) is 24.2 Å². The Balaban J connectivity index is 1.37. The number of rotatable bonds is 2. The molecule has 5 aliphatic rings. The van der Waals surface area contributed by atoms with Gasteiger partial charge in [-0.2, -0.15) is 0 Å². The molecule has 1 aliphatic carbocycles. The first-order chi connectivity index (χ1) is 13.4. The van der Waals surface area contributed by atoms with Gasteiger partial charge in [0.2, 0.25) is 11.8 Å². The van der Waals surface area contributed by atoms with Crippen molar-refractivity contribution < 1.29 is 22.7 Å². The van der Waals surface area contributed by atoms with Crippen LogP contribution in [-0.4, -0.2) is 78.9 Å². The number of nitrogens with zero attached hydrogens (tertiary/aromatic N) is 2. The highest BCUT2D eigenvalue weighted by Crippen LogP contribution is 2.53. The zero-order valence-electron chi connectivity index (χ0n) is 16.1. The fourth-order valence-corrected chi connectivity index (χ4v) is 7.03. The zero-order valence-corrected chi connectivity index (χ0v) is 16.9. The average molecular weight is 409 g/mol. The molecule has 0 N–H and O–H groups in total. The molecule has 3 saturated heterocycles. The Hall–Kier alpha value is -1.41. The molecule has 0 unspecified atom stereocenters. The lowest BCUT2D eigenvalue weighted by Crippen LogP contribution is -2.51. The number of hydrogen-bond donors (Lipinski definition) is 0. The van der Waals surface area contributed by atoms with E-state index in [4.69, 9.17) is 4.74 Å². The molecule has 5 rings (SSSR count). The number of carbonyl (C=O) groups is 2. The van der Waals surface area contributed by atoms with Crippen LogP contribution in [0.1, 0.15) is 38.5 Å². The van der Waals surface area contributed by atoms with Crippen molar-refractivity contribution in [1.82, 2.24) is 9.80 Å². The van der Waals surface area contributed by atoms with Crippen LogP contribution in [0.15, 0.2) is 12.2 Å². The van der Waals surface area contributed by atoms with Crippen molar-refractivity contribution in [2.24, 2.45) is 11.8 Å². The summed E-state index contributed by atoms with van der Waals surface area (Å²) in [5.74, 6) is -1.03. The number of likely N-dealkylation sites (tertiary alicyclic amines) is 1. The van der Waals surface area contributed by atoms with E-state index in [0.717, 1.165) is 25.7 Å². The lowest BCUT2D eigenvalue weighted by molar-refractivity contribution is -0.144. The quantitative estimate of drug-likeness (QED) is 0.497. The standard InChI is InChI=1S/C20H28N2O5S/c23-18(21-9-11-28(25,26)12-10-21)16-15-7-8-20(27-15)13-22(19(24)17(16)20)14-5-3-1-2-4-6-14/h7-8,14-17H,1-6,9-13H2/t15-,16-,17+,20-/m0/s1. The van der Waals surface area contributed by atoms with Crippen LogP contribution in [0.5, 0.6) is 0 Å². The van der Waals surface area contributed by atoms with Gasteiger partial charge < -0.3 is 14.5 Å². The van der Waals surface area contributed by atoms with Crippen molar-refractivity contribution in [2.75, 3.05) is 31.1 Å². The smallest absolute Gasteiger partial charge is 0.230 e. The van der Waals surface area contributed by atoms with E-state index < -0.39 is 27.3 Å². The fourth-order valence-electron chi connectivity index (χ4n) is 5.83. The molecule has 28 heavy (non-hydrogen) atoms. The van der Waals surface area contributed by atoms with Gasteiger partial charge in [0, 0.05) is 19.1 Å². The Morgan fingerprint density at radius 1 is 1.11 bits per heavy atom. The van der Waals surface area contributed by atoms with Crippen molar-refractivity contribution >= 4 is 21.7 Å². The minimum Gasteiger partial charge on any atom is -0.360 e. The molecule has 8 heteroatoms. The Bertz CT molecular complexity index is 802. The van der Waals surface area contributed by atoms with E-state index in [0.29, 0.717) is 6.54 Å². The Kier molecular flexibility index (Phi) is 4.36. The SMILES string of the molecule is O=C([C@H]1[C@@H]2C=C[C@@]3(CN(C4CCCCCC4)C(=O)[C@@H]13)O2)N1CCS(=O)(=O)CC1. The van der Waals surface area contributed by atoms with Gasteiger partial charge in [0.15, 0.2) is 9.84 Å². The molecule has 154 valence electrons. The number of amides is 2. The van der Waals surface area contributed by atoms with E-state index in [-0.39, 0.29) is 48.6 Å². The topological polar surface area (TPSA) is 84.0 Å². The van der Waals surface area contributed by atoms with E-state index in [2.05, 4.69) is 0 Å². The Labute approximate surface area is 166 Å². The van der Waals surface area contributed by atoms with Crippen LogP contribution >= 0.6 is 0 Å². The van der Waals surface area contributed by atoms with E-state index in [1.165, 1.54) is 12.8 Å². The van der Waals surface area contributed by atoms with Gasteiger partial charge in [-0.15, -0.1) is 0 Å². The summed E-state index contributed by atoms with van der Waals surface area (Å²) in [6, 6.07) is 0.252. The predicted molar refractivity (Wildman–Crippen MR) is 102 cm³/mol. The van der Waals surface area contributed by atoms with E-state index in [1.807, 2.05) is 17.1 Å². The summed E-state index contributed by atoms with van der Waals surface area (Å²) in [6.07, 6.45) is 10.4. The van der Waals surface area contributed by atoms with Crippen molar-refractivity contribution in [3.63, 3.8) is 0 Å². The van der Waals surface area contributed by atoms with Crippen molar-refractivity contribution in [2.45, 2.75) is 56.3 Å². The van der Waals surface area contributed by atoms with Gasteiger partial charge in [-0.25, -0.2) is 8.42 Å². The highest BCUT2D eigenvalue weighted by atomic mass is 32.2. The van der Waals surface area contributed by atoms with Crippen LogP contribution in [0.25, 0.3) is 0 Å². The molecule has 7 nitrogen and oxygen atoms in total. The largest absolute Gasteiger partial charge is 0.360 e. The van der Waals surface area contributed by atoms with Gasteiger partial charge in [-0.05, 0) is 12.8 Å². The lowest BCUT2D eigenvalue weighted by Gasteiger charge is -2.33. The van der Waals surface area contributed by atoms with Crippen molar-refractivity contribution in [3.05, 3.63) is 12.2 Å². The summed E-state index contributed by atoms with van der Waals surface area (Å²) < 4.78 is 29.7. The molecule has 4 atom stereocenters. The molecular weight excluding hydrogens is 380 g/mol. The van der Waals surface area contributed by atoms with Crippen LogP contribution in [0, 0.1) is 11.8 Å². The highest BCUT2D eigenvalue weighted by Gasteiger charge is 2.67. The Morgan fingerprint density at radius 2 is 1.79 bits per heavy atom. The number of fused-ring (bicyclic) bond motifs is 1. The monoisotopic (exact) mass is 408 g/mol. The molecule has 4 heterocycles. The van der Waals surface area contributed by atoms with Gasteiger partial charge in [0.05, 0.1) is 36.0 Å². The molecule has 1 spiro atoms. The maximum Gasteiger partial charge on any atom is 0.230 e. The molecule has 1 saturated carbocycles. The second-order valence-corrected chi connectivity index (χ2v) is 11.3. The molecule has 2 bridgehead atoms. The Morgan fingerprint density at radius 3 is 2.46 bits per heavy atom. The molecule has 4 fully saturated rings. The molecule has 2 amide bonds. The second-order valence-electron chi connectivity index (χ2n) is 8.99. The minimum absolute atomic E-state index is 0.00474. The molecule has 4 aliphatic heterocycles. The van der Waals surface area contributed by atoms with Gasteiger partial charge in [-0.1, -0.05) is 37.8 Å². The number of hydrogen-bond acceptors (Lipinski definition) is 5. The maximum absolute atomic E-state index is 13.4. The van der Waals surface area contributed by atoms with Crippen molar-refractivity contribution in [1.29, 1.82) is 0 Å². The first-order valence-corrected chi connectivity index (χ1v) is 12.4. The van der Waals surface area contributed by atoms with Crippen LogP contribution in [0.4, 0.5) is 0 Å². The van der Waals surface area contributed by atoms with E-state index in [9.17, 15) is 18.0 Å².